The molecule has 0 fully saturated rings. The number of methoxy groups -OCH3 is 1. The van der Waals surface area contributed by atoms with Gasteiger partial charge in [0.2, 0.25) is 0 Å². The van der Waals surface area contributed by atoms with E-state index in [1.54, 1.807) is 7.11 Å². The van der Waals surface area contributed by atoms with Crippen molar-refractivity contribution in [2.45, 2.75) is 13.3 Å². The molecule has 0 saturated heterocycles. The zero-order valence-corrected chi connectivity index (χ0v) is 10.1. The number of hydrogen-bond donors (Lipinski definition) is 1. The van der Waals surface area contributed by atoms with Crippen LogP contribution in [0.25, 0.3) is 6.08 Å². The van der Waals surface area contributed by atoms with E-state index in [-0.39, 0.29) is 0 Å². The molecule has 16 heavy (non-hydrogen) atoms. The van der Waals surface area contributed by atoms with Crippen molar-refractivity contribution in [3.63, 3.8) is 0 Å². The maximum atomic E-state index is 4.94. The summed E-state index contributed by atoms with van der Waals surface area (Å²) in [5.74, 6) is 0. The number of aromatic nitrogens is 1. The summed E-state index contributed by atoms with van der Waals surface area (Å²) in [6, 6.07) is 2.13. The molecular formula is C13H20N2O. The third-order valence-corrected chi connectivity index (χ3v) is 2.18. The van der Waals surface area contributed by atoms with Crippen molar-refractivity contribution in [3.8, 4) is 0 Å². The van der Waals surface area contributed by atoms with Gasteiger partial charge < -0.3 is 10.1 Å². The number of nitrogens with zero attached hydrogens (tertiary/aromatic N) is 1. The van der Waals surface area contributed by atoms with Gasteiger partial charge >= 0.3 is 0 Å². The van der Waals surface area contributed by atoms with Crippen LogP contribution in [0.4, 0.5) is 0 Å². The maximum Gasteiger partial charge on any atom is 0.0587 e. The van der Waals surface area contributed by atoms with Crippen LogP contribution in [0.1, 0.15) is 17.5 Å². The number of pyridine rings is 1. The fourth-order valence-electron chi connectivity index (χ4n) is 1.37. The van der Waals surface area contributed by atoms with Crippen LogP contribution < -0.4 is 5.32 Å². The van der Waals surface area contributed by atoms with Crippen LogP contribution in [-0.4, -0.2) is 31.8 Å². The molecule has 0 saturated carbocycles. The van der Waals surface area contributed by atoms with Crippen LogP contribution in [0.2, 0.25) is 0 Å². The Labute approximate surface area is 97.5 Å². The van der Waals surface area contributed by atoms with Crippen molar-refractivity contribution < 1.29 is 4.74 Å². The molecule has 0 amide bonds. The van der Waals surface area contributed by atoms with E-state index in [0.29, 0.717) is 0 Å². The molecule has 1 N–H and O–H groups in total. The first kappa shape index (κ1) is 12.9. The molecule has 1 aromatic rings. The van der Waals surface area contributed by atoms with Gasteiger partial charge in [0.15, 0.2) is 0 Å². The molecule has 0 atom stereocenters. The molecule has 0 aliphatic carbocycles. The second kappa shape index (κ2) is 8.02. The smallest absolute Gasteiger partial charge is 0.0587 e. The lowest BCUT2D eigenvalue weighted by molar-refractivity contribution is 0.199. The molecule has 0 unspecified atom stereocenters. The van der Waals surface area contributed by atoms with Crippen molar-refractivity contribution >= 4 is 6.08 Å². The second-order valence-electron chi connectivity index (χ2n) is 3.73. The van der Waals surface area contributed by atoms with Gasteiger partial charge in [-0.1, -0.05) is 12.2 Å². The average molecular weight is 220 g/mol. The van der Waals surface area contributed by atoms with Gasteiger partial charge in [0, 0.05) is 26.0 Å². The van der Waals surface area contributed by atoms with Crippen molar-refractivity contribution in [1.29, 1.82) is 0 Å². The van der Waals surface area contributed by atoms with Gasteiger partial charge in [0.25, 0.3) is 0 Å². The first-order valence-corrected chi connectivity index (χ1v) is 5.61. The van der Waals surface area contributed by atoms with Gasteiger partial charge in [-0.3, -0.25) is 4.98 Å². The fourth-order valence-corrected chi connectivity index (χ4v) is 1.37. The molecule has 1 heterocycles. The Bertz CT molecular complexity index is 323. The predicted molar refractivity (Wildman–Crippen MR) is 67.4 cm³/mol. The lowest BCUT2D eigenvalue weighted by Gasteiger charge is -2.00. The summed E-state index contributed by atoms with van der Waals surface area (Å²) in [4.78, 5) is 4.14. The molecular weight excluding hydrogens is 200 g/mol. The zero-order valence-electron chi connectivity index (χ0n) is 10.1. The Morgan fingerprint density at radius 1 is 1.38 bits per heavy atom. The Morgan fingerprint density at radius 3 is 3.00 bits per heavy atom. The molecule has 0 aromatic carbocycles. The van der Waals surface area contributed by atoms with Gasteiger partial charge in [-0.2, -0.15) is 0 Å². The molecule has 0 aliphatic rings. The summed E-state index contributed by atoms with van der Waals surface area (Å²) in [7, 11) is 1.71. The van der Waals surface area contributed by atoms with Gasteiger partial charge in [0.1, 0.15) is 0 Å². The average Bonchev–Trinajstić information content (AvgIpc) is 2.28. The molecule has 0 aliphatic heterocycles. The molecule has 1 rings (SSSR count). The molecule has 0 radical (unpaired) electrons. The molecule has 3 heteroatoms. The van der Waals surface area contributed by atoms with E-state index in [2.05, 4.69) is 35.4 Å². The predicted octanol–water partition coefficient (Wildman–Crippen LogP) is 2.03. The second-order valence-corrected chi connectivity index (χ2v) is 3.73. The first-order chi connectivity index (χ1) is 7.83. The summed E-state index contributed by atoms with van der Waals surface area (Å²) < 4.78 is 4.94. The normalized spacial score (nSPS) is 11.1. The number of aryl methyl sites for hydroxylation is 1. The molecule has 0 spiro atoms. The topological polar surface area (TPSA) is 34.1 Å². The van der Waals surface area contributed by atoms with Gasteiger partial charge in [-0.05, 0) is 37.1 Å². The van der Waals surface area contributed by atoms with E-state index in [4.69, 9.17) is 4.74 Å². The van der Waals surface area contributed by atoms with E-state index in [0.717, 1.165) is 31.7 Å². The quantitative estimate of drug-likeness (QED) is 0.714. The summed E-state index contributed by atoms with van der Waals surface area (Å²) in [6.45, 7) is 4.72. The molecule has 0 bridgehead atoms. The van der Waals surface area contributed by atoms with E-state index >= 15 is 0 Å². The highest BCUT2D eigenvalue weighted by Gasteiger charge is 1.88. The fraction of sp³-hybridized carbons (Fsp3) is 0.462. The summed E-state index contributed by atoms with van der Waals surface area (Å²) in [5.41, 5.74) is 2.36. The number of nitrogens with one attached hydrogen (secondary N) is 1. The highest BCUT2D eigenvalue weighted by atomic mass is 16.5. The minimum atomic E-state index is 0.769. The van der Waals surface area contributed by atoms with Crippen LogP contribution >= 0.6 is 0 Å². The van der Waals surface area contributed by atoms with Crippen molar-refractivity contribution in [2.75, 3.05) is 26.8 Å². The van der Waals surface area contributed by atoms with Crippen molar-refractivity contribution in [2.24, 2.45) is 0 Å². The molecule has 3 nitrogen and oxygen atoms in total. The number of rotatable bonds is 7. The minimum Gasteiger partial charge on any atom is -0.383 e. The SMILES string of the molecule is COCCNCC/C=C/c1cncc(C)c1. The van der Waals surface area contributed by atoms with Gasteiger partial charge in [-0.25, -0.2) is 0 Å². The van der Waals surface area contributed by atoms with Crippen LogP contribution in [0.15, 0.2) is 24.5 Å². The standard InChI is InChI=1S/C13H20N2O/c1-12-9-13(11-15-10-12)5-3-4-6-14-7-8-16-2/h3,5,9-11,14H,4,6-8H2,1-2H3/b5-3+. The monoisotopic (exact) mass is 220 g/mol. The Hall–Kier alpha value is -1.19. The number of ether oxygens (including phenoxy) is 1. The zero-order chi connectivity index (χ0) is 11.6. The lowest BCUT2D eigenvalue weighted by atomic mass is 10.2. The van der Waals surface area contributed by atoms with Gasteiger partial charge in [-0.15, -0.1) is 0 Å². The maximum absolute atomic E-state index is 4.94. The van der Waals surface area contributed by atoms with E-state index in [1.165, 1.54) is 5.56 Å². The first-order valence-electron chi connectivity index (χ1n) is 5.61. The van der Waals surface area contributed by atoms with E-state index < -0.39 is 0 Å². The largest absolute Gasteiger partial charge is 0.383 e. The highest BCUT2D eigenvalue weighted by Crippen LogP contribution is 2.03. The Balaban J connectivity index is 2.17. The summed E-state index contributed by atoms with van der Waals surface area (Å²) in [5, 5.41) is 3.29. The molecule has 1 aromatic heterocycles. The lowest BCUT2D eigenvalue weighted by Crippen LogP contribution is -2.19. The van der Waals surface area contributed by atoms with Crippen molar-refractivity contribution in [3.05, 3.63) is 35.7 Å². The summed E-state index contributed by atoms with van der Waals surface area (Å²) in [6.07, 6.45) is 9.04. The molecule has 88 valence electrons. The van der Waals surface area contributed by atoms with Crippen LogP contribution in [-0.2, 0) is 4.74 Å². The van der Waals surface area contributed by atoms with Crippen molar-refractivity contribution in [1.82, 2.24) is 10.3 Å². The van der Waals surface area contributed by atoms with Gasteiger partial charge in [0.05, 0.1) is 6.61 Å². The Morgan fingerprint density at radius 2 is 2.25 bits per heavy atom. The third-order valence-electron chi connectivity index (χ3n) is 2.18. The van der Waals surface area contributed by atoms with Crippen LogP contribution in [0.5, 0.6) is 0 Å². The summed E-state index contributed by atoms with van der Waals surface area (Å²) >= 11 is 0. The third kappa shape index (κ3) is 5.63. The van der Waals surface area contributed by atoms with E-state index in [9.17, 15) is 0 Å². The van der Waals surface area contributed by atoms with Crippen LogP contribution in [0.3, 0.4) is 0 Å². The minimum absolute atomic E-state index is 0.769. The highest BCUT2D eigenvalue weighted by molar-refractivity contribution is 5.48. The van der Waals surface area contributed by atoms with E-state index in [1.807, 2.05) is 12.4 Å². The van der Waals surface area contributed by atoms with Crippen LogP contribution in [0, 0.1) is 6.92 Å². The Kier molecular flexibility index (Phi) is 6.45. The number of hydrogen-bond acceptors (Lipinski definition) is 3.